The van der Waals surface area contributed by atoms with Gasteiger partial charge < -0.3 is 15.0 Å². The fraction of sp³-hybridized carbons (Fsp3) is 0.500. The van der Waals surface area contributed by atoms with Crippen molar-refractivity contribution in [2.45, 2.75) is 39.2 Å². The first-order valence-electron chi connectivity index (χ1n) is 7.26. The van der Waals surface area contributed by atoms with Crippen molar-refractivity contribution in [1.82, 2.24) is 10.1 Å². The van der Waals surface area contributed by atoms with Crippen LogP contribution in [-0.4, -0.2) is 23.3 Å². The number of nitrogens with zero attached hydrogens (tertiary/aromatic N) is 2. The fourth-order valence-electron chi connectivity index (χ4n) is 2.32. The monoisotopic (exact) mass is 289 g/mol. The van der Waals surface area contributed by atoms with Crippen LogP contribution in [0, 0.1) is 5.92 Å². The Labute approximate surface area is 125 Å². The molecule has 0 aliphatic rings. The summed E-state index contributed by atoms with van der Waals surface area (Å²) in [6.45, 7) is 4.31. The molecule has 0 aliphatic heterocycles. The van der Waals surface area contributed by atoms with Crippen molar-refractivity contribution < 1.29 is 9.26 Å². The quantitative estimate of drug-likeness (QED) is 0.848. The molecule has 2 aromatic rings. The molecule has 0 amide bonds. The van der Waals surface area contributed by atoms with Gasteiger partial charge in [-0.15, -0.1) is 0 Å². The highest BCUT2D eigenvalue weighted by atomic mass is 16.5. The van der Waals surface area contributed by atoms with E-state index in [9.17, 15) is 0 Å². The summed E-state index contributed by atoms with van der Waals surface area (Å²) in [6.07, 6.45) is 2.21. The molecule has 1 atom stereocenters. The molecule has 0 fully saturated rings. The highest BCUT2D eigenvalue weighted by molar-refractivity contribution is 5.30. The third kappa shape index (κ3) is 4.86. The first-order chi connectivity index (χ1) is 10.1. The zero-order valence-electron chi connectivity index (χ0n) is 12.9. The third-order valence-corrected chi connectivity index (χ3v) is 3.22. The van der Waals surface area contributed by atoms with Gasteiger partial charge in [-0.25, -0.2) is 0 Å². The molecule has 1 aromatic carbocycles. The van der Waals surface area contributed by atoms with Crippen LogP contribution in [0.15, 0.2) is 28.8 Å². The molecule has 2 rings (SSSR count). The molecule has 0 saturated heterocycles. The number of methoxy groups -OCH3 is 1. The maximum Gasteiger partial charge on any atom is 0.228 e. The normalized spacial score (nSPS) is 12.6. The van der Waals surface area contributed by atoms with E-state index in [1.54, 1.807) is 7.11 Å². The molecule has 0 aliphatic carbocycles. The zero-order chi connectivity index (χ0) is 15.2. The fourth-order valence-corrected chi connectivity index (χ4v) is 2.32. The van der Waals surface area contributed by atoms with E-state index in [1.165, 1.54) is 0 Å². The highest BCUT2D eigenvalue weighted by Gasteiger charge is 2.13. The highest BCUT2D eigenvalue weighted by Crippen LogP contribution is 2.15. The van der Waals surface area contributed by atoms with Gasteiger partial charge in [0, 0.05) is 18.9 Å². The van der Waals surface area contributed by atoms with E-state index >= 15 is 0 Å². The predicted molar refractivity (Wildman–Crippen MR) is 81.2 cm³/mol. The predicted octanol–water partition coefficient (Wildman–Crippen LogP) is 2.58. The Hall–Kier alpha value is -1.88. The lowest BCUT2D eigenvalue weighted by molar-refractivity contribution is 0.355. The molecule has 1 unspecified atom stereocenters. The Morgan fingerprint density at radius 2 is 2.14 bits per heavy atom. The zero-order valence-corrected chi connectivity index (χ0v) is 12.9. The number of hydrogen-bond donors (Lipinski definition) is 1. The minimum Gasteiger partial charge on any atom is -0.497 e. The summed E-state index contributed by atoms with van der Waals surface area (Å²) in [6, 6.07) is 7.92. The van der Waals surface area contributed by atoms with Crippen molar-refractivity contribution in [2.75, 3.05) is 7.11 Å². The molecule has 2 N–H and O–H groups in total. The summed E-state index contributed by atoms with van der Waals surface area (Å²) >= 11 is 0. The van der Waals surface area contributed by atoms with Gasteiger partial charge in [-0.05, 0) is 30.0 Å². The number of ether oxygens (including phenoxy) is 1. The summed E-state index contributed by atoms with van der Waals surface area (Å²) in [5.74, 6) is 2.69. The summed E-state index contributed by atoms with van der Waals surface area (Å²) < 4.78 is 10.5. The summed E-state index contributed by atoms with van der Waals surface area (Å²) in [4.78, 5) is 4.41. The molecule has 1 aromatic heterocycles. The molecule has 114 valence electrons. The Balaban J connectivity index is 1.96. The number of benzene rings is 1. The van der Waals surface area contributed by atoms with Crippen LogP contribution in [0.1, 0.15) is 37.5 Å². The molecule has 21 heavy (non-hydrogen) atoms. The van der Waals surface area contributed by atoms with Gasteiger partial charge >= 0.3 is 0 Å². The van der Waals surface area contributed by atoms with Crippen LogP contribution in [0.5, 0.6) is 5.75 Å². The smallest absolute Gasteiger partial charge is 0.228 e. The molecule has 0 spiro atoms. The van der Waals surface area contributed by atoms with E-state index in [0.29, 0.717) is 30.5 Å². The van der Waals surface area contributed by atoms with Crippen LogP contribution < -0.4 is 10.5 Å². The second-order valence-electron chi connectivity index (χ2n) is 5.73. The Bertz CT molecular complexity index is 566. The standard InChI is InChI=1S/C16H23N3O2/c1-11(2)7-13(17)10-16-18-15(19-21-16)9-12-5-4-6-14(8-12)20-3/h4-6,8,11,13H,7,9-10,17H2,1-3H3. The lowest BCUT2D eigenvalue weighted by Crippen LogP contribution is -2.24. The minimum absolute atomic E-state index is 0.0649. The molecular weight excluding hydrogens is 266 g/mol. The van der Waals surface area contributed by atoms with Gasteiger partial charge in [0.15, 0.2) is 5.82 Å². The number of nitrogens with two attached hydrogens (primary N) is 1. The first-order valence-corrected chi connectivity index (χ1v) is 7.26. The summed E-state index contributed by atoms with van der Waals surface area (Å²) in [5.41, 5.74) is 7.15. The Kier molecular flexibility index (Phi) is 5.33. The van der Waals surface area contributed by atoms with Gasteiger partial charge in [0.1, 0.15) is 5.75 Å². The second kappa shape index (κ2) is 7.22. The molecule has 0 saturated carbocycles. The SMILES string of the molecule is COc1cccc(Cc2noc(CC(N)CC(C)C)n2)c1. The molecule has 5 nitrogen and oxygen atoms in total. The van der Waals surface area contributed by atoms with Gasteiger partial charge in [-0.3, -0.25) is 0 Å². The van der Waals surface area contributed by atoms with Gasteiger partial charge in [0.25, 0.3) is 0 Å². The van der Waals surface area contributed by atoms with Crippen LogP contribution in [0.4, 0.5) is 0 Å². The average Bonchev–Trinajstić information content (AvgIpc) is 2.85. The van der Waals surface area contributed by atoms with Gasteiger partial charge in [-0.1, -0.05) is 31.1 Å². The lowest BCUT2D eigenvalue weighted by Gasteiger charge is -2.10. The van der Waals surface area contributed by atoms with Gasteiger partial charge in [0.05, 0.1) is 7.11 Å². The van der Waals surface area contributed by atoms with Crippen molar-refractivity contribution in [2.24, 2.45) is 11.7 Å². The van der Waals surface area contributed by atoms with Crippen LogP contribution in [0.2, 0.25) is 0 Å². The topological polar surface area (TPSA) is 74.2 Å². The van der Waals surface area contributed by atoms with Crippen molar-refractivity contribution in [1.29, 1.82) is 0 Å². The lowest BCUT2D eigenvalue weighted by atomic mass is 10.0. The van der Waals surface area contributed by atoms with Crippen molar-refractivity contribution >= 4 is 0 Å². The van der Waals surface area contributed by atoms with Crippen LogP contribution in [0.3, 0.4) is 0 Å². The van der Waals surface area contributed by atoms with E-state index in [2.05, 4.69) is 24.0 Å². The number of aromatic nitrogens is 2. The van der Waals surface area contributed by atoms with Gasteiger partial charge in [-0.2, -0.15) is 4.98 Å². The van der Waals surface area contributed by atoms with Crippen LogP contribution in [0.25, 0.3) is 0 Å². The maximum atomic E-state index is 6.06. The molecule has 0 bridgehead atoms. The largest absolute Gasteiger partial charge is 0.497 e. The summed E-state index contributed by atoms with van der Waals surface area (Å²) in [7, 11) is 1.65. The van der Waals surface area contributed by atoms with Crippen molar-refractivity contribution in [3.63, 3.8) is 0 Å². The average molecular weight is 289 g/mol. The van der Waals surface area contributed by atoms with E-state index in [0.717, 1.165) is 17.7 Å². The minimum atomic E-state index is 0.0649. The molecule has 1 heterocycles. The van der Waals surface area contributed by atoms with E-state index in [4.69, 9.17) is 15.0 Å². The van der Waals surface area contributed by atoms with E-state index in [1.807, 2.05) is 24.3 Å². The Morgan fingerprint density at radius 3 is 2.86 bits per heavy atom. The number of hydrogen-bond acceptors (Lipinski definition) is 5. The number of rotatable bonds is 7. The van der Waals surface area contributed by atoms with Crippen molar-refractivity contribution in [3.05, 3.63) is 41.5 Å². The van der Waals surface area contributed by atoms with Crippen LogP contribution in [-0.2, 0) is 12.8 Å². The molecular formula is C16H23N3O2. The van der Waals surface area contributed by atoms with Crippen molar-refractivity contribution in [3.8, 4) is 5.75 Å². The maximum absolute atomic E-state index is 6.06. The third-order valence-electron chi connectivity index (χ3n) is 3.22. The van der Waals surface area contributed by atoms with Gasteiger partial charge in [0.2, 0.25) is 5.89 Å². The van der Waals surface area contributed by atoms with Crippen LogP contribution >= 0.6 is 0 Å². The van der Waals surface area contributed by atoms with E-state index in [-0.39, 0.29) is 6.04 Å². The molecule has 5 heteroatoms. The second-order valence-corrected chi connectivity index (χ2v) is 5.73. The first kappa shape index (κ1) is 15.5. The summed E-state index contributed by atoms with van der Waals surface area (Å²) in [5, 5.41) is 4.02. The molecule has 0 radical (unpaired) electrons. The van der Waals surface area contributed by atoms with E-state index < -0.39 is 0 Å². The Morgan fingerprint density at radius 1 is 1.33 bits per heavy atom.